The number of halogens is 4. The zero-order valence-corrected chi connectivity index (χ0v) is 15.6. The average molecular weight is 428 g/mol. The van der Waals surface area contributed by atoms with Crippen molar-refractivity contribution < 1.29 is 13.6 Å². The third-order valence-corrected chi connectivity index (χ3v) is 4.54. The zero-order chi connectivity index (χ0) is 19.6. The third kappa shape index (κ3) is 4.21. The summed E-state index contributed by atoms with van der Waals surface area (Å²) in [6.07, 6.45) is 1.28. The summed E-state index contributed by atoms with van der Waals surface area (Å²) >= 11 is 17.6. The van der Waals surface area contributed by atoms with Gasteiger partial charge in [0.25, 0.3) is 5.91 Å². The highest BCUT2D eigenvalue weighted by Crippen LogP contribution is 2.34. The topological polar surface area (TPSA) is 93.5 Å². The highest BCUT2D eigenvalue weighted by atomic mass is 35.5. The summed E-state index contributed by atoms with van der Waals surface area (Å²) in [4.78, 5) is 15.9. The Labute approximate surface area is 167 Å². The molecule has 0 aliphatic heterocycles. The second-order valence-electron chi connectivity index (χ2n) is 5.20. The monoisotopic (exact) mass is 426 g/mol. The standard InChI is InChI=1S/C17H10Cl3FN4O2/c18-12-14(22)13(19)16(20)24-15(12)17(26)25-23-7-10-5-6-11(27-10)8-1-3-9(21)4-2-8/h1-7H,(H2,22,24)(H,25,26)/b23-7+. The number of furan rings is 1. The van der Waals surface area contributed by atoms with Crippen LogP contribution >= 0.6 is 34.8 Å². The fraction of sp³-hybridized carbons (Fsp3) is 0. The fourth-order valence-electron chi connectivity index (χ4n) is 2.08. The molecule has 138 valence electrons. The summed E-state index contributed by atoms with van der Waals surface area (Å²) in [7, 11) is 0. The van der Waals surface area contributed by atoms with E-state index in [9.17, 15) is 9.18 Å². The lowest BCUT2D eigenvalue weighted by molar-refractivity contribution is 0.0950. The number of rotatable bonds is 4. The Balaban J connectivity index is 1.71. The number of nitrogens with two attached hydrogens (primary N) is 1. The summed E-state index contributed by atoms with van der Waals surface area (Å²) in [5.41, 5.74) is 8.33. The Hall–Kier alpha value is -2.61. The van der Waals surface area contributed by atoms with Crippen LogP contribution in [0, 0.1) is 5.82 Å². The first kappa shape index (κ1) is 19.2. The van der Waals surface area contributed by atoms with Crippen LogP contribution in [0.2, 0.25) is 15.2 Å². The molecule has 1 amide bonds. The summed E-state index contributed by atoms with van der Waals surface area (Å²) in [5.74, 6) is -0.191. The molecule has 0 bridgehead atoms. The van der Waals surface area contributed by atoms with Gasteiger partial charge in [-0.1, -0.05) is 34.8 Å². The Morgan fingerprint density at radius 2 is 1.85 bits per heavy atom. The number of carbonyl (C=O) groups is 1. The van der Waals surface area contributed by atoms with Crippen LogP contribution in [0.15, 0.2) is 45.9 Å². The predicted octanol–water partition coefficient (Wildman–Crippen LogP) is 4.79. The van der Waals surface area contributed by atoms with Crippen LogP contribution in [-0.2, 0) is 0 Å². The van der Waals surface area contributed by atoms with Crippen molar-refractivity contribution in [1.82, 2.24) is 10.4 Å². The van der Waals surface area contributed by atoms with E-state index in [1.54, 1.807) is 24.3 Å². The molecular weight excluding hydrogens is 418 g/mol. The maximum absolute atomic E-state index is 13.0. The van der Waals surface area contributed by atoms with Crippen LogP contribution in [0.25, 0.3) is 11.3 Å². The number of benzene rings is 1. The highest BCUT2D eigenvalue weighted by Gasteiger charge is 2.19. The van der Waals surface area contributed by atoms with Crippen molar-refractivity contribution in [2.45, 2.75) is 0 Å². The van der Waals surface area contributed by atoms with Crippen molar-refractivity contribution in [3.05, 3.63) is 68.9 Å². The number of anilines is 1. The minimum absolute atomic E-state index is 0.0365. The molecule has 0 saturated carbocycles. The molecule has 0 unspecified atom stereocenters. The molecule has 0 spiro atoms. The SMILES string of the molecule is Nc1c(Cl)c(Cl)nc(C(=O)N/N=C/c2ccc(-c3ccc(F)cc3)o2)c1Cl. The van der Waals surface area contributed by atoms with E-state index in [1.165, 1.54) is 18.3 Å². The van der Waals surface area contributed by atoms with Gasteiger partial charge in [-0.2, -0.15) is 5.10 Å². The van der Waals surface area contributed by atoms with Crippen LogP contribution in [-0.4, -0.2) is 17.1 Å². The van der Waals surface area contributed by atoms with Gasteiger partial charge < -0.3 is 10.2 Å². The van der Waals surface area contributed by atoms with E-state index in [4.69, 9.17) is 45.0 Å². The maximum atomic E-state index is 13.0. The van der Waals surface area contributed by atoms with Gasteiger partial charge in [0.15, 0.2) is 10.8 Å². The number of carbonyl (C=O) groups excluding carboxylic acids is 1. The first-order valence-corrected chi connectivity index (χ1v) is 8.49. The first-order valence-electron chi connectivity index (χ1n) is 7.36. The van der Waals surface area contributed by atoms with Crippen molar-refractivity contribution in [3.63, 3.8) is 0 Å². The molecule has 0 aliphatic rings. The van der Waals surface area contributed by atoms with Crippen molar-refractivity contribution >= 4 is 52.6 Å². The Kier molecular flexibility index (Phi) is 5.65. The van der Waals surface area contributed by atoms with E-state index in [2.05, 4.69) is 15.5 Å². The number of hydrogen-bond donors (Lipinski definition) is 2. The highest BCUT2D eigenvalue weighted by molar-refractivity contribution is 6.46. The van der Waals surface area contributed by atoms with Crippen LogP contribution in [0.5, 0.6) is 0 Å². The number of hydrogen-bond acceptors (Lipinski definition) is 5. The predicted molar refractivity (Wildman–Crippen MR) is 103 cm³/mol. The molecule has 27 heavy (non-hydrogen) atoms. The lowest BCUT2D eigenvalue weighted by Gasteiger charge is -2.07. The molecule has 3 N–H and O–H groups in total. The third-order valence-electron chi connectivity index (χ3n) is 3.40. The average Bonchev–Trinajstić information content (AvgIpc) is 3.12. The van der Waals surface area contributed by atoms with Gasteiger partial charge in [0, 0.05) is 5.56 Å². The van der Waals surface area contributed by atoms with Gasteiger partial charge in [0.2, 0.25) is 0 Å². The minimum atomic E-state index is -0.730. The van der Waals surface area contributed by atoms with Crippen molar-refractivity contribution in [2.75, 3.05) is 5.73 Å². The molecule has 6 nitrogen and oxygen atoms in total. The molecule has 10 heteroatoms. The van der Waals surface area contributed by atoms with E-state index in [0.717, 1.165) is 0 Å². The Bertz CT molecular complexity index is 1040. The van der Waals surface area contributed by atoms with Crippen molar-refractivity contribution in [3.8, 4) is 11.3 Å². The van der Waals surface area contributed by atoms with E-state index >= 15 is 0 Å². The van der Waals surface area contributed by atoms with Gasteiger partial charge in [0.1, 0.15) is 22.4 Å². The zero-order valence-electron chi connectivity index (χ0n) is 13.3. The van der Waals surface area contributed by atoms with Gasteiger partial charge in [-0.3, -0.25) is 4.79 Å². The Morgan fingerprint density at radius 1 is 1.15 bits per heavy atom. The van der Waals surface area contributed by atoms with Gasteiger partial charge in [-0.05, 0) is 36.4 Å². The molecular formula is C17H10Cl3FN4O2. The summed E-state index contributed by atoms with van der Waals surface area (Å²) in [5, 5.41) is 3.45. The van der Waals surface area contributed by atoms with Crippen LogP contribution < -0.4 is 11.2 Å². The maximum Gasteiger partial charge on any atom is 0.291 e. The molecule has 0 saturated heterocycles. The van der Waals surface area contributed by atoms with Crippen LogP contribution in [0.3, 0.4) is 0 Å². The van der Waals surface area contributed by atoms with E-state index in [1.807, 2.05) is 0 Å². The molecule has 3 aromatic rings. The lowest BCUT2D eigenvalue weighted by Crippen LogP contribution is -2.20. The number of nitrogens with one attached hydrogen (secondary N) is 1. The number of aromatic nitrogens is 1. The number of nitrogens with zero attached hydrogens (tertiary/aromatic N) is 2. The first-order chi connectivity index (χ1) is 12.9. The number of nitrogen functional groups attached to an aromatic ring is 1. The molecule has 0 radical (unpaired) electrons. The minimum Gasteiger partial charge on any atom is -0.455 e. The second kappa shape index (κ2) is 7.96. The van der Waals surface area contributed by atoms with Gasteiger partial charge in [0.05, 0.1) is 16.9 Å². The van der Waals surface area contributed by atoms with E-state index in [0.29, 0.717) is 17.1 Å². The molecule has 2 heterocycles. The molecule has 3 rings (SSSR count). The molecule has 1 aromatic carbocycles. The molecule has 0 atom stereocenters. The quantitative estimate of drug-likeness (QED) is 0.356. The van der Waals surface area contributed by atoms with E-state index < -0.39 is 5.91 Å². The summed E-state index contributed by atoms with van der Waals surface area (Å²) in [6, 6.07) is 9.14. The van der Waals surface area contributed by atoms with Gasteiger partial charge >= 0.3 is 0 Å². The van der Waals surface area contributed by atoms with Crippen molar-refractivity contribution in [2.24, 2.45) is 5.10 Å². The number of amides is 1. The van der Waals surface area contributed by atoms with Crippen LogP contribution in [0.4, 0.5) is 10.1 Å². The summed E-state index contributed by atoms with van der Waals surface area (Å²) in [6.45, 7) is 0. The lowest BCUT2D eigenvalue weighted by atomic mass is 10.2. The van der Waals surface area contributed by atoms with Crippen molar-refractivity contribution in [1.29, 1.82) is 0 Å². The van der Waals surface area contributed by atoms with Crippen LogP contribution in [0.1, 0.15) is 16.2 Å². The largest absolute Gasteiger partial charge is 0.455 e. The smallest absolute Gasteiger partial charge is 0.291 e. The van der Waals surface area contributed by atoms with E-state index in [-0.39, 0.29) is 32.4 Å². The van der Waals surface area contributed by atoms with Gasteiger partial charge in [-0.25, -0.2) is 14.8 Å². The Morgan fingerprint density at radius 3 is 2.56 bits per heavy atom. The molecule has 0 fully saturated rings. The van der Waals surface area contributed by atoms with Gasteiger partial charge in [-0.15, -0.1) is 0 Å². The molecule has 2 aromatic heterocycles. The number of pyridine rings is 1. The molecule has 0 aliphatic carbocycles. The number of hydrazone groups is 1. The fourth-order valence-corrected chi connectivity index (χ4v) is 2.67. The summed E-state index contributed by atoms with van der Waals surface area (Å²) < 4.78 is 18.5. The normalized spacial score (nSPS) is 11.1. The second-order valence-corrected chi connectivity index (χ2v) is 6.31.